The molecule has 5 heteroatoms. The molecule has 0 saturated carbocycles. The van der Waals surface area contributed by atoms with Gasteiger partial charge in [-0.05, 0) is 49.6 Å². The number of piperidine rings is 1. The Labute approximate surface area is 165 Å². The molecular formula is C22H25ClN2O2. The van der Waals surface area contributed by atoms with E-state index in [0.29, 0.717) is 30.2 Å². The normalized spacial score (nSPS) is 16.9. The number of halogens is 1. The summed E-state index contributed by atoms with van der Waals surface area (Å²) in [4.78, 5) is 29.2. The Bertz CT molecular complexity index is 802. The van der Waals surface area contributed by atoms with Crippen LogP contribution in [0.3, 0.4) is 0 Å². The van der Waals surface area contributed by atoms with E-state index in [1.807, 2.05) is 14.0 Å². The average Bonchev–Trinajstić information content (AvgIpc) is 2.69. The molecule has 0 spiro atoms. The lowest BCUT2D eigenvalue weighted by molar-refractivity contribution is -0.136. The lowest BCUT2D eigenvalue weighted by atomic mass is 9.95. The van der Waals surface area contributed by atoms with Crippen molar-refractivity contribution in [1.82, 2.24) is 9.80 Å². The Morgan fingerprint density at radius 2 is 1.78 bits per heavy atom. The predicted octanol–water partition coefficient (Wildman–Crippen LogP) is 4.16. The van der Waals surface area contributed by atoms with Crippen molar-refractivity contribution in [3.05, 3.63) is 70.2 Å². The van der Waals surface area contributed by atoms with Crippen molar-refractivity contribution in [1.29, 1.82) is 0 Å². The highest BCUT2D eigenvalue weighted by Crippen LogP contribution is 2.22. The van der Waals surface area contributed by atoms with Crippen molar-refractivity contribution >= 4 is 23.4 Å². The zero-order valence-electron chi connectivity index (χ0n) is 15.8. The van der Waals surface area contributed by atoms with E-state index in [2.05, 4.69) is 24.3 Å². The number of aryl methyl sites for hydroxylation is 1. The van der Waals surface area contributed by atoms with Crippen LogP contribution in [0.15, 0.2) is 48.5 Å². The van der Waals surface area contributed by atoms with Gasteiger partial charge in [-0.1, -0.05) is 41.4 Å². The quantitative estimate of drug-likeness (QED) is 0.794. The van der Waals surface area contributed by atoms with E-state index in [1.54, 1.807) is 34.1 Å². The number of benzene rings is 2. The smallest absolute Gasteiger partial charge is 0.253 e. The molecule has 1 saturated heterocycles. The third-order valence-corrected chi connectivity index (χ3v) is 5.32. The SMILES string of the molecule is Cc1ccc(CN(C)C(=O)C2CCCN(C(=O)c3ccc(Cl)cc3)C2)cc1. The molecule has 27 heavy (non-hydrogen) atoms. The second-order valence-electron chi connectivity index (χ2n) is 7.28. The van der Waals surface area contributed by atoms with Crippen LogP contribution in [0.1, 0.15) is 34.3 Å². The van der Waals surface area contributed by atoms with E-state index < -0.39 is 0 Å². The van der Waals surface area contributed by atoms with Crippen molar-refractivity contribution in [3.8, 4) is 0 Å². The molecule has 0 bridgehead atoms. The molecule has 1 aliphatic heterocycles. The van der Waals surface area contributed by atoms with Crippen LogP contribution in [-0.4, -0.2) is 41.8 Å². The summed E-state index contributed by atoms with van der Waals surface area (Å²) in [5.74, 6) is -0.0833. The highest BCUT2D eigenvalue weighted by Gasteiger charge is 2.30. The second kappa shape index (κ2) is 8.57. The van der Waals surface area contributed by atoms with E-state index in [1.165, 1.54) is 5.56 Å². The summed E-state index contributed by atoms with van der Waals surface area (Å²) in [6, 6.07) is 15.1. The van der Waals surface area contributed by atoms with Crippen molar-refractivity contribution < 1.29 is 9.59 Å². The summed E-state index contributed by atoms with van der Waals surface area (Å²) in [5, 5.41) is 0.607. The number of carbonyl (C=O) groups excluding carboxylic acids is 2. The summed E-state index contributed by atoms with van der Waals surface area (Å²) in [7, 11) is 1.84. The molecule has 0 N–H and O–H groups in total. The fourth-order valence-electron chi connectivity index (χ4n) is 3.50. The van der Waals surface area contributed by atoms with Crippen LogP contribution in [0.25, 0.3) is 0 Å². The Hall–Kier alpha value is -2.33. The minimum absolute atomic E-state index is 0.0367. The molecule has 4 nitrogen and oxygen atoms in total. The van der Waals surface area contributed by atoms with E-state index >= 15 is 0 Å². The largest absolute Gasteiger partial charge is 0.341 e. The van der Waals surface area contributed by atoms with Gasteiger partial charge in [0.1, 0.15) is 0 Å². The lowest BCUT2D eigenvalue weighted by Gasteiger charge is -2.34. The highest BCUT2D eigenvalue weighted by atomic mass is 35.5. The first-order valence-electron chi connectivity index (χ1n) is 9.29. The van der Waals surface area contributed by atoms with Crippen LogP contribution in [0.2, 0.25) is 5.02 Å². The summed E-state index contributed by atoms with van der Waals surface area (Å²) >= 11 is 5.90. The van der Waals surface area contributed by atoms with Crippen LogP contribution < -0.4 is 0 Å². The molecule has 1 atom stereocenters. The topological polar surface area (TPSA) is 40.6 Å². The number of amides is 2. The molecule has 3 rings (SSSR count). The third-order valence-electron chi connectivity index (χ3n) is 5.07. The number of hydrogen-bond acceptors (Lipinski definition) is 2. The number of likely N-dealkylation sites (tertiary alicyclic amines) is 1. The molecule has 1 heterocycles. The Morgan fingerprint density at radius 3 is 2.44 bits per heavy atom. The van der Waals surface area contributed by atoms with Crippen LogP contribution in [0.5, 0.6) is 0 Å². The maximum Gasteiger partial charge on any atom is 0.253 e. The van der Waals surface area contributed by atoms with Gasteiger partial charge in [-0.2, -0.15) is 0 Å². The Kier molecular flexibility index (Phi) is 6.17. The third kappa shape index (κ3) is 4.89. The summed E-state index contributed by atoms with van der Waals surface area (Å²) in [6.07, 6.45) is 1.66. The summed E-state index contributed by atoms with van der Waals surface area (Å²) in [6.45, 7) is 3.79. The van der Waals surface area contributed by atoms with Gasteiger partial charge in [0.25, 0.3) is 5.91 Å². The first-order chi connectivity index (χ1) is 12.9. The molecule has 0 radical (unpaired) electrons. The molecule has 0 aromatic heterocycles. The minimum Gasteiger partial charge on any atom is -0.341 e. The first kappa shape index (κ1) is 19.4. The molecule has 1 fully saturated rings. The van der Waals surface area contributed by atoms with Gasteiger partial charge < -0.3 is 9.80 Å². The van der Waals surface area contributed by atoms with Crippen molar-refractivity contribution in [2.75, 3.05) is 20.1 Å². The maximum absolute atomic E-state index is 12.9. The van der Waals surface area contributed by atoms with E-state index in [9.17, 15) is 9.59 Å². The van der Waals surface area contributed by atoms with Crippen LogP contribution >= 0.6 is 11.6 Å². The molecule has 1 unspecified atom stereocenters. The van der Waals surface area contributed by atoms with Crippen LogP contribution in [0.4, 0.5) is 0 Å². The Morgan fingerprint density at radius 1 is 1.11 bits per heavy atom. The standard InChI is InChI=1S/C22H25ClN2O2/c1-16-5-7-17(8-6-16)14-24(2)21(26)19-4-3-13-25(15-19)22(27)18-9-11-20(23)12-10-18/h5-12,19H,3-4,13-15H2,1-2H3. The summed E-state index contributed by atoms with van der Waals surface area (Å²) < 4.78 is 0. The van der Waals surface area contributed by atoms with Gasteiger partial charge >= 0.3 is 0 Å². The molecule has 2 aromatic rings. The van der Waals surface area contributed by atoms with E-state index in [0.717, 1.165) is 18.4 Å². The molecular weight excluding hydrogens is 360 g/mol. The predicted molar refractivity (Wildman–Crippen MR) is 108 cm³/mol. The van der Waals surface area contributed by atoms with Crippen molar-refractivity contribution in [2.24, 2.45) is 5.92 Å². The zero-order chi connectivity index (χ0) is 19.4. The van der Waals surface area contributed by atoms with Gasteiger partial charge in [-0.15, -0.1) is 0 Å². The maximum atomic E-state index is 12.9. The van der Waals surface area contributed by atoms with Gasteiger partial charge in [-0.25, -0.2) is 0 Å². The highest BCUT2D eigenvalue weighted by molar-refractivity contribution is 6.30. The number of rotatable bonds is 4. The fourth-order valence-corrected chi connectivity index (χ4v) is 3.62. The monoisotopic (exact) mass is 384 g/mol. The van der Waals surface area contributed by atoms with E-state index in [4.69, 9.17) is 11.6 Å². The molecule has 2 aromatic carbocycles. The van der Waals surface area contributed by atoms with Crippen molar-refractivity contribution in [3.63, 3.8) is 0 Å². The fraction of sp³-hybridized carbons (Fsp3) is 0.364. The van der Waals surface area contributed by atoms with Crippen LogP contribution in [0, 0.1) is 12.8 Å². The van der Waals surface area contributed by atoms with Crippen molar-refractivity contribution in [2.45, 2.75) is 26.3 Å². The van der Waals surface area contributed by atoms with Gasteiger partial charge in [0.05, 0.1) is 5.92 Å². The van der Waals surface area contributed by atoms with Gasteiger partial charge in [0, 0.05) is 37.3 Å². The summed E-state index contributed by atoms with van der Waals surface area (Å²) in [5.41, 5.74) is 2.93. The van der Waals surface area contributed by atoms with Gasteiger partial charge in [-0.3, -0.25) is 9.59 Å². The Balaban J connectivity index is 1.62. The van der Waals surface area contributed by atoms with Gasteiger partial charge in [0.2, 0.25) is 5.91 Å². The minimum atomic E-state index is -0.148. The second-order valence-corrected chi connectivity index (χ2v) is 7.71. The first-order valence-corrected chi connectivity index (χ1v) is 9.67. The number of hydrogen-bond donors (Lipinski definition) is 0. The average molecular weight is 385 g/mol. The molecule has 0 aliphatic carbocycles. The zero-order valence-corrected chi connectivity index (χ0v) is 16.6. The molecule has 2 amide bonds. The van der Waals surface area contributed by atoms with Crippen LogP contribution in [-0.2, 0) is 11.3 Å². The molecule has 142 valence electrons. The molecule has 1 aliphatic rings. The lowest BCUT2D eigenvalue weighted by Crippen LogP contribution is -2.45. The number of carbonyl (C=O) groups is 2. The van der Waals surface area contributed by atoms with Gasteiger partial charge in [0.15, 0.2) is 0 Å². The van der Waals surface area contributed by atoms with E-state index in [-0.39, 0.29) is 17.7 Å². The number of nitrogens with zero attached hydrogens (tertiary/aromatic N) is 2.